The minimum atomic E-state index is -0.395. The fourth-order valence-electron chi connectivity index (χ4n) is 1.82. The van der Waals surface area contributed by atoms with Crippen molar-refractivity contribution in [3.8, 4) is 0 Å². The lowest BCUT2D eigenvalue weighted by Gasteiger charge is -2.09. The molecule has 120 valence electrons. The molecule has 6 nitrogen and oxygen atoms in total. The highest BCUT2D eigenvalue weighted by Gasteiger charge is 2.08. The lowest BCUT2D eigenvalue weighted by atomic mass is 10.2. The van der Waals surface area contributed by atoms with Crippen LogP contribution in [0.25, 0.3) is 0 Å². The number of amides is 1. The number of nitrogens with zero attached hydrogens (tertiary/aromatic N) is 1. The molecule has 0 radical (unpaired) electrons. The van der Waals surface area contributed by atoms with E-state index in [0.29, 0.717) is 17.1 Å². The number of ether oxygens (including phenoxy) is 1. The Balaban J connectivity index is 2.06. The molecule has 0 saturated heterocycles. The minimum absolute atomic E-state index is 0.0571. The van der Waals surface area contributed by atoms with Crippen molar-refractivity contribution in [3.63, 3.8) is 0 Å². The molecule has 1 aromatic carbocycles. The van der Waals surface area contributed by atoms with Gasteiger partial charge in [-0.15, -0.1) is 0 Å². The number of esters is 1. The van der Waals surface area contributed by atoms with Crippen molar-refractivity contribution in [3.05, 3.63) is 48.2 Å². The van der Waals surface area contributed by atoms with Crippen molar-refractivity contribution < 1.29 is 14.3 Å². The van der Waals surface area contributed by atoms with Gasteiger partial charge in [-0.3, -0.25) is 4.79 Å². The first-order valence-electron chi connectivity index (χ1n) is 7.22. The van der Waals surface area contributed by atoms with Crippen molar-refractivity contribution in [1.82, 2.24) is 4.98 Å². The summed E-state index contributed by atoms with van der Waals surface area (Å²) in [7, 11) is 1.34. The number of methoxy groups -OCH3 is 1. The van der Waals surface area contributed by atoms with E-state index in [1.54, 1.807) is 36.5 Å². The zero-order valence-corrected chi connectivity index (χ0v) is 13.3. The van der Waals surface area contributed by atoms with Crippen molar-refractivity contribution in [1.29, 1.82) is 0 Å². The number of nitrogens with one attached hydrogen (secondary N) is 2. The number of rotatable bonds is 5. The lowest BCUT2D eigenvalue weighted by molar-refractivity contribution is -0.118. The van der Waals surface area contributed by atoms with Crippen LogP contribution in [0.15, 0.2) is 42.6 Å². The monoisotopic (exact) mass is 313 g/mol. The Morgan fingerprint density at radius 1 is 1.13 bits per heavy atom. The van der Waals surface area contributed by atoms with Crippen molar-refractivity contribution in [2.75, 3.05) is 17.7 Å². The second-order valence-corrected chi connectivity index (χ2v) is 5.27. The molecule has 23 heavy (non-hydrogen) atoms. The highest BCUT2D eigenvalue weighted by atomic mass is 16.5. The lowest BCUT2D eigenvalue weighted by Crippen LogP contribution is -2.17. The fourth-order valence-corrected chi connectivity index (χ4v) is 1.82. The van der Waals surface area contributed by atoms with E-state index in [1.807, 2.05) is 19.9 Å². The SMILES string of the molecule is COC(=O)c1cccc(Nc2ccc(NC(=O)C(C)C)cn2)c1. The summed E-state index contributed by atoms with van der Waals surface area (Å²) in [4.78, 5) is 27.4. The standard InChI is InChI=1S/C17H19N3O3/c1-11(2)16(21)20-14-7-8-15(18-10-14)19-13-6-4-5-12(9-13)17(22)23-3/h4-11H,1-3H3,(H,18,19)(H,20,21). The van der Waals surface area contributed by atoms with E-state index in [4.69, 9.17) is 4.74 Å². The van der Waals surface area contributed by atoms with Crippen LogP contribution in [0.3, 0.4) is 0 Å². The Labute approximate surface area is 134 Å². The van der Waals surface area contributed by atoms with Gasteiger partial charge in [0, 0.05) is 11.6 Å². The fraction of sp³-hybridized carbons (Fsp3) is 0.235. The van der Waals surface area contributed by atoms with Crippen LogP contribution in [-0.2, 0) is 9.53 Å². The van der Waals surface area contributed by atoms with Gasteiger partial charge in [0.1, 0.15) is 5.82 Å². The summed E-state index contributed by atoms with van der Waals surface area (Å²) in [6.45, 7) is 3.65. The summed E-state index contributed by atoms with van der Waals surface area (Å²) < 4.78 is 4.69. The summed E-state index contributed by atoms with van der Waals surface area (Å²) in [5.74, 6) is 0.0649. The van der Waals surface area contributed by atoms with Crippen LogP contribution >= 0.6 is 0 Å². The van der Waals surface area contributed by atoms with Gasteiger partial charge in [0.25, 0.3) is 0 Å². The smallest absolute Gasteiger partial charge is 0.337 e. The maximum absolute atomic E-state index is 11.6. The predicted octanol–water partition coefficient (Wildman–Crippen LogP) is 3.21. The van der Waals surface area contributed by atoms with Crippen LogP contribution in [0.2, 0.25) is 0 Å². The van der Waals surface area contributed by atoms with Crippen molar-refractivity contribution >= 4 is 29.1 Å². The molecule has 2 aromatic rings. The van der Waals surface area contributed by atoms with E-state index in [1.165, 1.54) is 7.11 Å². The number of pyridine rings is 1. The third-order valence-electron chi connectivity index (χ3n) is 3.11. The second kappa shape index (κ2) is 7.40. The number of carbonyl (C=O) groups excluding carboxylic acids is 2. The normalized spacial score (nSPS) is 10.3. The van der Waals surface area contributed by atoms with E-state index in [9.17, 15) is 9.59 Å². The highest BCUT2D eigenvalue weighted by Crippen LogP contribution is 2.18. The quantitative estimate of drug-likeness (QED) is 0.829. The van der Waals surface area contributed by atoms with Gasteiger partial charge in [0.2, 0.25) is 5.91 Å². The molecule has 0 unspecified atom stereocenters. The van der Waals surface area contributed by atoms with Gasteiger partial charge in [0.05, 0.1) is 24.6 Å². The van der Waals surface area contributed by atoms with Crippen LogP contribution < -0.4 is 10.6 Å². The van der Waals surface area contributed by atoms with Gasteiger partial charge < -0.3 is 15.4 Å². The summed E-state index contributed by atoms with van der Waals surface area (Å²) in [6, 6.07) is 10.5. The van der Waals surface area contributed by atoms with Gasteiger partial charge >= 0.3 is 5.97 Å². The van der Waals surface area contributed by atoms with Gasteiger partial charge in [-0.05, 0) is 30.3 Å². The van der Waals surface area contributed by atoms with Gasteiger partial charge in [-0.25, -0.2) is 9.78 Å². The average Bonchev–Trinajstić information content (AvgIpc) is 2.56. The number of hydrogen-bond donors (Lipinski definition) is 2. The minimum Gasteiger partial charge on any atom is -0.465 e. The molecule has 0 aliphatic heterocycles. The Morgan fingerprint density at radius 2 is 1.91 bits per heavy atom. The number of aromatic nitrogens is 1. The Bertz CT molecular complexity index is 696. The van der Waals surface area contributed by atoms with Crippen LogP contribution in [0.5, 0.6) is 0 Å². The molecular weight excluding hydrogens is 294 g/mol. The number of carbonyl (C=O) groups is 2. The van der Waals surface area contributed by atoms with E-state index in [0.717, 1.165) is 5.69 Å². The number of benzene rings is 1. The molecule has 1 aromatic heterocycles. The van der Waals surface area contributed by atoms with Crippen LogP contribution in [0.4, 0.5) is 17.2 Å². The molecule has 0 fully saturated rings. The molecule has 0 aliphatic rings. The molecule has 1 amide bonds. The highest BCUT2D eigenvalue weighted by molar-refractivity contribution is 5.92. The average molecular weight is 313 g/mol. The molecular formula is C17H19N3O3. The summed E-state index contributed by atoms with van der Waals surface area (Å²) >= 11 is 0. The zero-order chi connectivity index (χ0) is 16.8. The molecule has 0 aliphatic carbocycles. The van der Waals surface area contributed by atoms with Gasteiger partial charge in [-0.1, -0.05) is 19.9 Å². The molecule has 0 bridgehead atoms. The van der Waals surface area contributed by atoms with E-state index < -0.39 is 5.97 Å². The first kappa shape index (κ1) is 16.5. The second-order valence-electron chi connectivity index (χ2n) is 5.27. The molecule has 0 spiro atoms. The van der Waals surface area contributed by atoms with Crippen molar-refractivity contribution in [2.45, 2.75) is 13.8 Å². The summed E-state index contributed by atoms with van der Waals surface area (Å²) in [5, 5.41) is 5.87. The van der Waals surface area contributed by atoms with Crippen LogP contribution in [-0.4, -0.2) is 24.0 Å². The maximum Gasteiger partial charge on any atom is 0.337 e. The Hall–Kier alpha value is -2.89. The summed E-state index contributed by atoms with van der Waals surface area (Å²) in [5.41, 5.74) is 1.82. The largest absolute Gasteiger partial charge is 0.465 e. The van der Waals surface area contributed by atoms with E-state index in [2.05, 4.69) is 15.6 Å². The van der Waals surface area contributed by atoms with E-state index in [-0.39, 0.29) is 11.8 Å². The zero-order valence-electron chi connectivity index (χ0n) is 13.3. The molecule has 6 heteroatoms. The summed E-state index contributed by atoms with van der Waals surface area (Å²) in [6.07, 6.45) is 1.58. The molecule has 0 saturated carbocycles. The number of hydrogen-bond acceptors (Lipinski definition) is 5. The van der Waals surface area contributed by atoms with Crippen molar-refractivity contribution in [2.24, 2.45) is 5.92 Å². The topological polar surface area (TPSA) is 80.3 Å². The van der Waals surface area contributed by atoms with Gasteiger partial charge in [0.15, 0.2) is 0 Å². The molecule has 0 atom stereocenters. The molecule has 2 N–H and O–H groups in total. The number of anilines is 3. The predicted molar refractivity (Wildman–Crippen MR) is 88.8 cm³/mol. The van der Waals surface area contributed by atoms with E-state index >= 15 is 0 Å². The van der Waals surface area contributed by atoms with Crippen LogP contribution in [0.1, 0.15) is 24.2 Å². The molecule has 2 rings (SSSR count). The Morgan fingerprint density at radius 3 is 2.52 bits per heavy atom. The van der Waals surface area contributed by atoms with Gasteiger partial charge in [-0.2, -0.15) is 0 Å². The third-order valence-corrected chi connectivity index (χ3v) is 3.11. The third kappa shape index (κ3) is 4.54. The molecule has 1 heterocycles. The van der Waals surface area contributed by atoms with Crippen LogP contribution in [0, 0.1) is 5.92 Å². The first-order valence-corrected chi connectivity index (χ1v) is 7.22. The Kier molecular flexibility index (Phi) is 5.30. The first-order chi connectivity index (χ1) is 11.0. The maximum atomic E-state index is 11.6.